The van der Waals surface area contributed by atoms with Gasteiger partial charge in [0.15, 0.2) is 0 Å². The van der Waals surface area contributed by atoms with Gasteiger partial charge < -0.3 is 19.3 Å². The van der Waals surface area contributed by atoms with E-state index in [0.717, 1.165) is 5.69 Å². The lowest BCUT2D eigenvalue weighted by Gasteiger charge is -2.37. The van der Waals surface area contributed by atoms with Gasteiger partial charge in [0.1, 0.15) is 19.3 Å². The van der Waals surface area contributed by atoms with E-state index >= 15 is 0 Å². The van der Waals surface area contributed by atoms with Gasteiger partial charge in [0.2, 0.25) is 10.0 Å². The molecule has 3 aromatic rings. The Kier molecular flexibility index (Phi) is 8.41. The standard InChI is InChI=1S/C33H36N4O7S/c1-23-9-12-29(24(2)19-23)34-14-16-35(17-15-34)31(38)28-11-10-26(20-30(28)36-13-6-18-45(36,41)42)37-27(22-44-33(37)40)21-43-32(39)25-7-4-3-5-8-25/h3-5,7-12,19-20,27H,6,13-18,21-22H2,1-2H3/t27-/m1/s1. The maximum atomic E-state index is 13.9. The molecule has 2 amide bonds. The van der Waals surface area contributed by atoms with Crippen LogP contribution in [0, 0.1) is 13.8 Å². The van der Waals surface area contributed by atoms with Crippen LogP contribution >= 0.6 is 0 Å². The van der Waals surface area contributed by atoms with Gasteiger partial charge in [-0.15, -0.1) is 0 Å². The smallest absolute Gasteiger partial charge is 0.414 e. The zero-order valence-corrected chi connectivity index (χ0v) is 26.2. The Bertz CT molecular complexity index is 1720. The van der Waals surface area contributed by atoms with Gasteiger partial charge in [-0.25, -0.2) is 18.0 Å². The summed E-state index contributed by atoms with van der Waals surface area (Å²) in [5.41, 5.74) is 4.73. The molecule has 0 unspecified atom stereocenters. The van der Waals surface area contributed by atoms with E-state index in [9.17, 15) is 22.8 Å². The number of rotatable bonds is 7. The molecule has 45 heavy (non-hydrogen) atoms. The van der Waals surface area contributed by atoms with Gasteiger partial charge in [0, 0.05) is 44.1 Å². The molecular weight excluding hydrogens is 596 g/mol. The number of benzene rings is 3. The molecule has 236 valence electrons. The van der Waals surface area contributed by atoms with Crippen LogP contribution in [0.4, 0.5) is 21.9 Å². The topological polar surface area (TPSA) is 117 Å². The summed E-state index contributed by atoms with van der Waals surface area (Å²) < 4.78 is 38.2. The summed E-state index contributed by atoms with van der Waals surface area (Å²) in [5.74, 6) is -0.822. The van der Waals surface area contributed by atoms with E-state index in [-0.39, 0.29) is 42.7 Å². The van der Waals surface area contributed by atoms with Gasteiger partial charge in [0.05, 0.1) is 22.6 Å². The zero-order chi connectivity index (χ0) is 31.7. The predicted octanol–water partition coefficient (Wildman–Crippen LogP) is 3.99. The van der Waals surface area contributed by atoms with Crippen molar-refractivity contribution in [1.29, 1.82) is 0 Å². The third kappa shape index (κ3) is 6.19. The summed E-state index contributed by atoms with van der Waals surface area (Å²) in [4.78, 5) is 44.7. The average Bonchev–Trinajstić information content (AvgIpc) is 3.60. The van der Waals surface area contributed by atoms with E-state index in [1.807, 2.05) is 0 Å². The van der Waals surface area contributed by atoms with E-state index in [2.05, 4.69) is 36.9 Å². The lowest BCUT2D eigenvalue weighted by molar-refractivity contribution is 0.0475. The third-order valence-electron chi connectivity index (χ3n) is 8.50. The van der Waals surface area contributed by atoms with Crippen LogP contribution in [0.5, 0.6) is 0 Å². The number of amides is 2. The fourth-order valence-corrected chi connectivity index (χ4v) is 7.75. The van der Waals surface area contributed by atoms with E-state index in [1.54, 1.807) is 53.4 Å². The molecule has 3 aliphatic rings. The van der Waals surface area contributed by atoms with Gasteiger partial charge in [-0.3, -0.25) is 14.0 Å². The van der Waals surface area contributed by atoms with Crippen LogP contribution in [0.25, 0.3) is 0 Å². The van der Waals surface area contributed by atoms with Gasteiger partial charge >= 0.3 is 12.1 Å². The molecule has 11 nitrogen and oxygen atoms in total. The van der Waals surface area contributed by atoms with Crippen LogP contribution in [0.3, 0.4) is 0 Å². The van der Waals surface area contributed by atoms with E-state index in [0.29, 0.717) is 43.9 Å². The molecule has 3 saturated heterocycles. The number of cyclic esters (lactones) is 1. The van der Waals surface area contributed by atoms with Crippen molar-refractivity contribution >= 4 is 45.1 Å². The largest absolute Gasteiger partial charge is 0.460 e. The van der Waals surface area contributed by atoms with Crippen molar-refractivity contribution in [2.24, 2.45) is 0 Å². The van der Waals surface area contributed by atoms with Gasteiger partial charge in [-0.2, -0.15) is 0 Å². The SMILES string of the molecule is Cc1ccc(N2CCN(C(=O)c3ccc(N4C(=O)OC[C@H]4COC(=O)c4ccccc4)cc3N3CCCS3(=O)=O)CC2)c(C)c1. The van der Waals surface area contributed by atoms with E-state index in [1.165, 1.54) is 20.3 Å². The number of nitrogens with zero attached hydrogens (tertiary/aromatic N) is 4. The molecule has 0 N–H and O–H groups in total. The molecule has 3 heterocycles. The molecule has 3 aromatic carbocycles. The minimum absolute atomic E-state index is 0.0103. The number of anilines is 3. The number of aryl methyl sites for hydroxylation is 2. The van der Waals surface area contributed by atoms with Crippen molar-refractivity contribution in [2.75, 3.05) is 65.8 Å². The molecule has 6 rings (SSSR count). The van der Waals surface area contributed by atoms with E-state index < -0.39 is 28.1 Å². The van der Waals surface area contributed by atoms with Crippen molar-refractivity contribution in [3.63, 3.8) is 0 Å². The Balaban J connectivity index is 1.24. The normalized spacial score (nSPS) is 19.5. The maximum Gasteiger partial charge on any atom is 0.414 e. The first-order valence-corrected chi connectivity index (χ1v) is 16.7. The predicted molar refractivity (Wildman–Crippen MR) is 171 cm³/mol. The molecule has 3 aliphatic heterocycles. The molecule has 0 bridgehead atoms. The van der Waals surface area contributed by atoms with Crippen molar-refractivity contribution in [2.45, 2.75) is 26.3 Å². The molecule has 0 aliphatic carbocycles. The second kappa shape index (κ2) is 12.4. The molecule has 1 atom stereocenters. The summed E-state index contributed by atoms with van der Waals surface area (Å²) in [7, 11) is -3.65. The van der Waals surface area contributed by atoms with Crippen LogP contribution in [-0.2, 0) is 19.5 Å². The highest BCUT2D eigenvalue weighted by Gasteiger charge is 2.38. The van der Waals surface area contributed by atoms with Gasteiger partial charge in [0.25, 0.3) is 5.91 Å². The highest BCUT2D eigenvalue weighted by molar-refractivity contribution is 7.93. The summed E-state index contributed by atoms with van der Waals surface area (Å²) in [5, 5.41) is 0. The second-order valence-electron chi connectivity index (χ2n) is 11.6. The molecule has 0 aromatic heterocycles. The Morgan fingerprint density at radius 3 is 2.36 bits per heavy atom. The zero-order valence-electron chi connectivity index (χ0n) is 25.3. The van der Waals surface area contributed by atoms with Crippen LogP contribution in [0.2, 0.25) is 0 Å². The summed E-state index contributed by atoms with van der Waals surface area (Å²) in [6, 6.07) is 19.0. The van der Waals surface area contributed by atoms with Crippen molar-refractivity contribution < 1.29 is 32.3 Å². The molecule has 0 spiro atoms. The summed E-state index contributed by atoms with van der Waals surface area (Å²) in [6.45, 7) is 6.49. The van der Waals surface area contributed by atoms with Gasteiger partial charge in [-0.1, -0.05) is 35.9 Å². The van der Waals surface area contributed by atoms with Crippen LogP contribution in [0.1, 0.15) is 38.3 Å². The number of ether oxygens (including phenoxy) is 2. The monoisotopic (exact) mass is 632 g/mol. The third-order valence-corrected chi connectivity index (χ3v) is 10.4. The average molecular weight is 633 g/mol. The number of esters is 1. The fraction of sp³-hybridized carbons (Fsp3) is 0.364. The number of carbonyl (C=O) groups excluding carboxylic acids is 3. The Hall–Kier alpha value is -4.58. The van der Waals surface area contributed by atoms with Crippen molar-refractivity contribution in [3.8, 4) is 0 Å². The maximum absolute atomic E-state index is 13.9. The molecule has 12 heteroatoms. The minimum Gasteiger partial charge on any atom is -0.460 e. The first kappa shape index (κ1) is 30.4. The van der Waals surface area contributed by atoms with Crippen molar-refractivity contribution in [1.82, 2.24) is 4.90 Å². The first-order chi connectivity index (χ1) is 21.6. The highest BCUT2D eigenvalue weighted by Crippen LogP contribution is 2.35. The minimum atomic E-state index is -3.65. The number of piperazine rings is 1. The van der Waals surface area contributed by atoms with Crippen LogP contribution in [-0.4, -0.2) is 89.0 Å². The number of hydrogen-bond donors (Lipinski definition) is 0. The number of sulfonamides is 1. The van der Waals surface area contributed by atoms with Crippen molar-refractivity contribution in [3.05, 3.63) is 89.0 Å². The van der Waals surface area contributed by atoms with Gasteiger partial charge in [-0.05, 0) is 62.2 Å². The summed E-state index contributed by atoms with van der Waals surface area (Å²) in [6.07, 6.45) is -0.217. The molecule has 0 saturated carbocycles. The lowest BCUT2D eigenvalue weighted by Crippen LogP contribution is -2.49. The molecular formula is C33H36N4O7S. The Labute approximate surface area is 263 Å². The van der Waals surface area contributed by atoms with Crippen LogP contribution in [0.15, 0.2) is 66.7 Å². The Morgan fingerprint density at radius 2 is 1.67 bits per heavy atom. The lowest BCUT2D eigenvalue weighted by atomic mass is 10.1. The van der Waals surface area contributed by atoms with Crippen LogP contribution < -0.4 is 14.1 Å². The number of hydrogen-bond acceptors (Lipinski definition) is 8. The molecule has 3 fully saturated rings. The Morgan fingerprint density at radius 1 is 0.911 bits per heavy atom. The quantitative estimate of drug-likeness (QED) is 0.359. The first-order valence-electron chi connectivity index (χ1n) is 15.1. The second-order valence-corrected chi connectivity index (χ2v) is 13.6. The molecule has 0 radical (unpaired) electrons. The number of carbonyl (C=O) groups is 3. The summed E-state index contributed by atoms with van der Waals surface area (Å²) >= 11 is 0. The highest BCUT2D eigenvalue weighted by atomic mass is 32.2. The van der Waals surface area contributed by atoms with E-state index in [4.69, 9.17) is 9.47 Å². The fourth-order valence-electron chi connectivity index (χ4n) is 6.18.